The van der Waals surface area contributed by atoms with Gasteiger partial charge in [-0.3, -0.25) is 4.55 Å². The van der Waals surface area contributed by atoms with Crippen molar-refractivity contribution in [3.05, 3.63) is 30.3 Å². The van der Waals surface area contributed by atoms with Crippen molar-refractivity contribution in [2.75, 3.05) is 12.3 Å². The van der Waals surface area contributed by atoms with E-state index in [-0.39, 0.29) is 10.6 Å². The van der Waals surface area contributed by atoms with Crippen LogP contribution in [0.25, 0.3) is 10.8 Å². The van der Waals surface area contributed by atoms with E-state index in [9.17, 15) is 17.8 Å². The molecule has 1 fully saturated rings. The van der Waals surface area contributed by atoms with Crippen molar-refractivity contribution in [3.8, 4) is 5.75 Å². The lowest BCUT2D eigenvalue weighted by Crippen LogP contribution is -2.34. The number of ether oxygens (including phenoxy) is 1. The molecule has 0 saturated carbocycles. The van der Waals surface area contributed by atoms with E-state index in [2.05, 4.69) is 5.32 Å². The molecule has 0 unspecified atom stereocenters. The number of nitrogens with one attached hydrogen (secondary N) is 1. The molecule has 1 saturated heterocycles. The molecule has 0 spiro atoms. The number of esters is 1. The van der Waals surface area contributed by atoms with Crippen LogP contribution in [0, 0.1) is 0 Å². The Morgan fingerprint density at radius 3 is 2.74 bits per heavy atom. The molecule has 1 heterocycles. The van der Waals surface area contributed by atoms with E-state index in [4.69, 9.17) is 10.5 Å². The smallest absolute Gasteiger partial charge is 0.328 e. The number of hydrogen-bond acceptors (Lipinski definition) is 6. The van der Waals surface area contributed by atoms with Gasteiger partial charge in [-0.15, -0.1) is 0 Å². The fourth-order valence-electron chi connectivity index (χ4n) is 2.61. The van der Waals surface area contributed by atoms with Crippen molar-refractivity contribution in [3.63, 3.8) is 0 Å². The minimum Gasteiger partial charge on any atom is -0.425 e. The highest BCUT2D eigenvalue weighted by Crippen LogP contribution is 2.31. The molecule has 4 N–H and O–H groups in total. The van der Waals surface area contributed by atoms with Gasteiger partial charge >= 0.3 is 5.97 Å². The lowest BCUT2D eigenvalue weighted by Gasteiger charge is -2.13. The molecule has 0 amide bonds. The van der Waals surface area contributed by atoms with Crippen molar-refractivity contribution >= 4 is 32.5 Å². The summed E-state index contributed by atoms with van der Waals surface area (Å²) in [6, 6.07) is 6.80. The number of nitrogen functional groups attached to an aromatic ring is 1. The zero-order valence-corrected chi connectivity index (χ0v) is 13.0. The van der Waals surface area contributed by atoms with E-state index in [1.807, 2.05) is 0 Å². The zero-order chi connectivity index (χ0) is 16.6. The molecule has 0 bridgehead atoms. The van der Waals surface area contributed by atoms with Crippen LogP contribution in [0.1, 0.15) is 12.8 Å². The Balaban J connectivity index is 2.08. The normalized spacial score (nSPS) is 18.2. The lowest BCUT2D eigenvalue weighted by molar-refractivity contribution is -0.136. The van der Waals surface area contributed by atoms with Crippen molar-refractivity contribution in [2.24, 2.45) is 0 Å². The van der Waals surface area contributed by atoms with E-state index in [1.54, 1.807) is 18.2 Å². The number of hydrogen-bond donors (Lipinski definition) is 3. The maximum atomic E-state index is 12.2. The van der Waals surface area contributed by atoms with Crippen LogP contribution < -0.4 is 15.8 Å². The standard InChI is InChI=1S/C15H16N2O5S/c16-10-4-3-9-6-11(23(19,20)21)8-14(12(9)7-10)22-15(18)13-2-1-5-17-13/h3-4,6-8,13,17H,1-2,5,16H2,(H,19,20,21)/t13-/m0/s1. The number of nitrogens with two attached hydrogens (primary N) is 1. The van der Waals surface area contributed by atoms with E-state index >= 15 is 0 Å². The Hall–Kier alpha value is -2.16. The third-order valence-electron chi connectivity index (χ3n) is 3.77. The number of benzene rings is 2. The quantitative estimate of drug-likeness (QED) is 0.335. The summed E-state index contributed by atoms with van der Waals surface area (Å²) in [5.41, 5.74) is 6.20. The van der Waals surface area contributed by atoms with Gasteiger partial charge in [0.05, 0.1) is 4.90 Å². The first-order valence-electron chi connectivity index (χ1n) is 7.10. The van der Waals surface area contributed by atoms with Crippen molar-refractivity contribution in [2.45, 2.75) is 23.8 Å². The molecular formula is C15H16N2O5S. The largest absolute Gasteiger partial charge is 0.425 e. The second-order valence-corrected chi connectivity index (χ2v) is 6.87. The number of carbonyl (C=O) groups is 1. The van der Waals surface area contributed by atoms with E-state index in [1.165, 1.54) is 6.07 Å². The van der Waals surface area contributed by atoms with Crippen molar-refractivity contribution in [1.29, 1.82) is 0 Å². The fraction of sp³-hybridized carbons (Fsp3) is 0.267. The van der Waals surface area contributed by atoms with Crippen LogP contribution >= 0.6 is 0 Å². The highest BCUT2D eigenvalue weighted by Gasteiger charge is 2.25. The van der Waals surface area contributed by atoms with E-state index in [0.717, 1.165) is 19.0 Å². The zero-order valence-electron chi connectivity index (χ0n) is 12.2. The molecule has 2 aromatic carbocycles. The average Bonchev–Trinajstić information content (AvgIpc) is 3.00. The van der Waals surface area contributed by atoms with Crippen molar-refractivity contribution < 1.29 is 22.5 Å². The van der Waals surface area contributed by atoms with E-state index in [0.29, 0.717) is 22.9 Å². The predicted octanol–water partition coefficient (Wildman–Crippen LogP) is 1.33. The number of rotatable bonds is 3. The number of fused-ring (bicyclic) bond motifs is 1. The minimum atomic E-state index is -4.42. The summed E-state index contributed by atoms with van der Waals surface area (Å²) in [4.78, 5) is 11.8. The maximum Gasteiger partial charge on any atom is 0.328 e. The molecule has 0 aliphatic carbocycles. The molecule has 7 nitrogen and oxygen atoms in total. The summed E-state index contributed by atoms with van der Waals surface area (Å²) in [6.07, 6.45) is 1.54. The van der Waals surface area contributed by atoms with E-state index < -0.39 is 22.1 Å². The summed E-state index contributed by atoms with van der Waals surface area (Å²) < 4.78 is 37.5. The molecule has 1 aliphatic rings. The molecule has 1 atom stereocenters. The van der Waals surface area contributed by atoms with Gasteiger partial charge in [-0.05, 0) is 43.0 Å². The molecule has 0 radical (unpaired) electrons. The third kappa shape index (κ3) is 3.29. The summed E-state index contributed by atoms with van der Waals surface area (Å²) >= 11 is 0. The first-order chi connectivity index (χ1) is 10.8. The van der Waals surface area contributed by atoms with Crippen LogP contribution in [-0.4, -0.2) is 31.5 Å². The molecule has 23 heavy (non-hydrogen) atoms. The first kappa shape index (κ1) is 15.7. The fourth-order valence-corrected chi connectivity index (χ4v) is 3.15. The van der Waals surface area contributed by atoms with Crippen LogP contribution in [0.5, 0.6) is 5.75 Å². The van der Waals surface area contributed by atoms with Gasteiger partial charge in [0.15, 0.2) is 0 Å². The summed E-state index contributed by atoms with van der Waals surface area (Å²) in [7, 11) is -4.42. The SMILES string of the molecule is Nc1ccc2cc(S(=O)(=O)O)cc(OC(=O)[C@@H]3CCCN3)c2c1. The first-order valence-corrected chi connectivity index (χ1v) is 8.54. The second-order valence-electron chi connectivity index (χ2n) is 5.45. The van der Waals surface area contributed by atoms with Gasteiger partial charge in [0.25, 0.3) is 10.1 Å². The van der Waals surface area contributed by atoms with Gasteiger partial charge in [-0.1, -0.05) is 6.07 Å². The van der Waals surface area contributed by atoms with Crippen molar-refractivity contribution in [1.82, 2.24) is 5.32 Å². The maximum absolute atomic E-state index is 12.2. The molecule has 1 aliphatic heterocycles. The second kappa shape index (κ2) is 5.80. The van der Waals surface area contributed by atoms with Gasteiger partial charge in [-0.25, -0.2) is 4.79 Å². The molecule has 2 aromatic rings. The number of carbonyl (C=O) groups excluding carboxylic acids is 1. The van der Waals surface area contributed by atoms with Gasteiger partial charge in [0.1, 0.15) is 11.8 Å². The van der Waals surface area contributed by atoms with Gasteiger partial charge in [-0.2, -0.15) is 8.42 Å². The Morgan fingerprint density at radius 2 is 2.09 bits per heavy atom. The van der Waals surface area contributed by atoms with Gasteiger partial charge < -0.3 is 15.8 Å². The van der Waals surface area contributed by atoms with Crippen LogP contribution in [0.4, 0.5) is 5.69 Å². The minimum absolute atomic E-state index is 0.0566. The molecule has 0 aromatic heterocycles. The van der Waals surface area contributed by atoms with Crippen LogP contribution in [0.3, 0.4) is 0 Å². The molecule has 122 valence electrons. The average molecular weight is 336 g/mol. The van der Waals surface area contributed by atoms with Crippen LogP contribution in [0.2, 0.25) is 0 Å². The predicted molar refractivity (Wildman–Crippen MR) is 84.8 cm³/mol. The topological polar surface area (TPSA) is 119 Å². The van der Waals surface area contributed by atoms with Crippen LogP contribution in [-0.2, 0) is 14.9 Å². The highest BCUT2D eigenvalue weighted by molar-refractivity contribution is 7.85. The Labute approximate surface area is 133 Å². The lowest BCUT2D eigenvalue weighted by atomic mass is 10.1. The summed E-state index contributed by atoms with van der Waals surface area (Å²) in [5.74, 6) is -0.431. The number of anilines is 1. The molecule has 8 heteroatoms. The Kier molecular flexibility index (Phi) is 3.97. The highest BCUT2D eigenvalue weighted by atomic mass is 32.2. The Bertz CT molecular complexity index is 873. The summed E-state index contributed by atoms with van der Waals surface area (Å²) in [6.45, 7) is 0.735. The third-order valence-corrected chi connectivity index (χ3v) is 4.60. The van der Waals surface area contributed by atoms with Gasteiger partial charge in [0.2, 0.25) is 0 Å². The molecular weight excluding hydrogens is 320 g/mol. The summed E-state index contributed by atoms with van der Waals surface area (Å²) in [5, 5.41) is 4.01. The van der Waals surface area contributed by atoms with Gasteiger partial charge in [0, 0.05) is 17.1 Å². The molecule has 3 rings (SSSR count). The van der Waals surface area contributed by atoms with Crippen LogP contribution in [0.15, 0.2) is 35.2 Å². The Morgan fingerprint density at radius 1 is 1.30 bits per heavy atom. The monoisotopic (exact) mass is 336 g/mol.